The van der Waals surface area contributed by atoms with Crippen molar-refractivity contribution in [1.29, 1.82) is 0 Å². The van der Waals surface area contributed by atoms with Gasteiger partial charge in [-0.05, 0) is 0 Å². The van der Waals surface area contributed by atoms with Crippen LogP contribution < -0.4 is 0 Å². The Morgan fingerprint density at radius 3 is 2.11 bits per heavy atom. The Morgan fingerprint density at radius 1 is 1.11 bits per heavy atom. The van der Waals surface area contributed by atoms with Gasteiger partial charge in [0.1, 0.15) is 0 Å². The van der Waals surface area contributed by atoms with Gasteiger partial charge in [-0.3, -0.25) is 0 Å². The number of esters is 1. The zero-order chi connectivity index (χ0) is 13.8. The van der Waals surface area contributed by atoms with Gasteiger partial charge in [0.2, 0.25) is 0 Å². The van der Waals surface area contributed by atoms with Gasteiger partial charge in [-0.2, -0.15) is 0 Å². The molecular weight excluding hydrogens is 294 g/mol. The average molecular weight is 318 g/mol. The molecule has 0 aliphatic heterocycles. The molecule has 0 unspecified atom stereocenters. The van der Waals surface area contributed by atoms with Crippen molar-refractivity contribution in [3.05, 3.63) is 11.8 Å². The van der Waals surface area contributed by atoms with Gasteiger partial charge in [0.05, 0.1) is 0 Å². The summed E-state index contributed by atoms with van der Waals surface area (Å²) < 4.78 is 21.7. The van der Waals surface area contributed by atoms with Crippen molar-refractivity contribution >= 4 is 23.3 Å². The van der Waals surface area contributed by atoms with E-state index in [0.29, 0.717) is 25.6 Å². The summed E-state index contributed by atoms with van der Waals surface area (Å²) in [6, 6.07) is 0. The van der Waals surface area contributed by atoms with E-state index in [1.807, 2.05) is 13.8 Å². The summed E-state index contributed by atoms with van der Waals surface area (Å²) in [6.07, 6.45) is 3.30. The van der Waals surface area contributed by atoms with Crippen molar-refractivity contribution in [2.75, 3.05) is 19.8 Å². The Kier molecular flexibility index (Phi) is 11.4. The van der Waals surface area contributed by atoms with Gasteiger partial charge in [-0.25, -0.2) is 0 Å². The molecule has 1 N–H and O–H groups in total. The summed E-state index contributed by atoms with van der Waals surface area (Å²) in [5, 5.41) is 0. The first-order valence-corrected chi connectivity index (χ1v) is 9.37. The molecule has 18 heavy (non-hydrogen) atoms. The van der Waals surface area contributed by atoms with Gasteiger partial charge >= 0.3 is 116 Å². The fraction of sp³-hybridized carbons (Fsp3) is 0.750. The molecule has 5 nitrogen and oxygen atoms in total. The molecule has 0 atom stereocenters. The van der Waals surface area contributed by atoms with E-state index in [9.17, 15) is 4.79 Å². The normalized spacial score (nSPS) is 11.7. The number of rotatable bonds is 10. The van der Waals surface area contributed by atoms with E-state index in [1.165, 1.54) is 6.08 Å². The van der Waals surface area contributed by atoms with Crippen LogP contribution in [0.15, 0.2) is 11.8 Å². The van der Waals surface area contributed by atoms with Gasteiger partial charge in [0, 0.05) is 0 Å². The van der Waals surface area contributed by atoms with E-state index in [1.54, 1.807) is 13.8 Å². The van der Waals surface area contributed by atoms with Crippen LogP contribution in [0.4, 0.5) is 0 Å². The monoisotopic (exact) mass is 317 g/mol. The van der Waals surface area contributed by atoms with E-state index in [-0.39, 0.29) is 5.97 Å². The van der Waals surface area contributed by atoms with Gasteiger partial charge in [0.15, 0.2) is 0 Å². The molecule has 0 spiro atoms. The molecule has 0 saturated heterocycles. The summed E-state index contributed by atoms with van der Waals surface area (Å²) in [7, 11) is 0. The molecule has 105 valence electrons. The number of allylic oxidation sites excluding steroid dienone is 1. The molecule has 0 fully saturated rings. The molecule has 1 radical (unpaired) electrons. The molecule has 0 bridgehead atoms. The topological polar surface area (TPSA) is 58.3 Å². The number of ether oxygens (including phenoxy) is 1. The van der Waals surface area contributed by atoms with Crippen molar-refractivity contribution in [2.24, 2.45) is 0 Å². The average Bonchev–Trinajstić information content (AvgIpc) is 2.32. The van der Waals surface area contributed by atoms with E-state index in [0.717, 1.165) is 12.8 Å². The molecule has 0 aromatic heterocycles. The molecule has 0 aromatic carbocycles. The third-order valence-electron chi connectivity index (χ3n) is 1.82. The molecule has 0 rings (SSSR count). The molecule has 0 aliphatic rings. The van der Waals surface area contributed by atoms with Crippen LogP contribution >= 0.6 is 0 Å². The molecule has 0 aromatic rings. The predicted octanol–water partition coefficient (Wildman–Crippen LogP) is 2.28. The van der Waals surface area contributed by atoms with Gasteiger partial charge in [-0.1, -0.05) is 0 Å². The zero-order valence-corrected chi connectivity index (χ0v) is 14.2. The predicted molar refractivity (Wildman–Crippen MR) is 71.7 cm³/mol. The zero-order valence-electron chi connectivity index (χ0n) is 11.8. The maximum absolute atomic E-state index is 9.36. The fourth-order valence-electron chi connectivity index (χ4n) is 1.09. The van der Waals surface area contributed by atoms with Crippen LogP contribution in [0.25, 0.3) is 0 Å². The number of hydrogen-bond donors (Lipinski definition) is 0. The minimum atomic E-state index is -2.65. The van der Waals surface area contributed by atoms with E-state index in [4.69, 9.17) is 15.3 Å². The molecule has 0 heterocycles. The Hall–Kier alpha value is -0.434. The summed E-state index contributed by atoms with van der Waals surface area (Å²) in [6.45, 7) is 9.32. The van der Waals surface area contributed by atoms with Crippen LogP contribution in [0.3, 0.4) is 0 Å². The third-order valence-corrected chi connectivity index (χ3v) is 5.13. The molecule has 0 amide bonds. The first-order chi connectivity index (χ1) is 8.63. The van der Waals surface area contributed by atoms with E-state index >= 15 is 0 Å². The van der Waals surface area contributed by atoms with E-state index < -0.39 is 17.3 Å². The van der Waals surface area contributed by atoms with Crippen LogP contribution in [0.1, 0.15) is 40.5 Å². The second-order valence-corrected chi connectivity index (χ2v) is 6.78. The van der Waals surface area contributed by atoms with Crippen LogP contribution in [-0.2, 0) is 15.3 Å². The van der Waals surface area contributed by atoms with Gasteiger partial charge < -0.3 is 0 Å². The molecule has 6 heteroatoms. The molecule has 0 saturated carbocycles. The van der Waals surface area contributed by atoms with Crippen molar-refractivity contribution in [2.45, 2.75) is 40.5 Å². The summed E-state index contributed by atoms with van der Waals surface area (Å²) >= 11 is -2.65. The van der Waals surface area contributed by atoms with Crippen LogP contribution in [0, 0.1) is 0 Å². The Morgan fingerprint density at radius 2 is 1.67 bits per heavy atom. The Bertz CT molecular complexity index is 247. The maximum atomic E-state index is 9.36. The number of carbonyl (C=O) groups excluding carboxylic acids is 1. The van der Waals surface area contributed by atoms with Crippen molar-refractivity contribution in [1.82, 2.24) is 0 Å². The van der Waals surface area contributed by atoms with Crippen LogP contribution in [0.5, 0.6) is 0 Å². The van der Waals surface area contributed by atoms with Crippen molar-refractivity contribution in [3.63, 3.8) is 0 Å². The Balaban J connectivity index is 4.22. The first-order valence-electron chi connectivity index (χ1n) is 6.40. The van der Waals surface area contributed by atoms with E-state index in [2.05, 4.69) is 0 Å². The molecular formula is C12H24GaO5. The second kappa shape index (κ2) is 11.6. The number of hydrogen-bond acceptors (Lipinski definition) is 4. The fourth-order valence-corrected chi connectivity index (χ4v) is 4.16. The van der Waals surface area contributed by atoms with Gasteiger partial charge in [-0.15, -0.1) is 0 Å². The summed E-state index contributed by atoms with van der Waals surface area (Å²) in [4.78, 5) is 9.36. The quantitative estimate of drug-likeness (QED) is 0.204. The minimum absolute atomic E-state index is 0.151. The van der Waals surface area contributed by atoms with Crippen LogP contribution in [0.2, 0.25) is 0 Å². The third kappa shape index (κ3) is 9.58. The summed E-state index contributed by atoms with van der Waals surface area (Å²) in [5.74, 6) is 0.403. The standard InChI is InChI=1S/C6H10O3.2C3H7O.Ga/c1-3-9-6(8)4-5(2)7;2*1-2-3-4;/h4,7H,3H2,1-2H3;2*2-3H2,1H3;/q;2*-1;+2. The van der Waals surface area contributed by atoms with Crippen molar-refractivity contribution < 1.29 is 20.1 Å². The van der Waals surface area contributed by atoms with Crippen LogP contribution in [-0.4, -0.2) is 47.9 Å². The second-order valence-electron chi connectivity index (χ2n) is 3.67. The SMILES string of the molecule is CCC[O][Ga-]([O]CCC)[O]C(C)=CC(=[OH+])OCC. The van der Waals surface area contributed by atoms with Crippen molar-refractivity contribution in [3.8, 4) is 0 Å². The summed E-state index contributed by atoms with van der Waals surface area (Å²) in [5.41, 5.74) is 0. The Labute approximate surface area is 116 Å². The van der Waals surface area contributed by atoms with Gasteiger partial charge in [0.25, 0.3) is 0 Å². The first kappa shape index (κ1) is 17.6. The molecule has 0 aliphatic carbocycles.